The average Bonchev–Trinajstić information content (AvgIpc) is 4.47. The zero-order valence-electron chi connectivity index (χ0n) is 43.1. The van der Waals surface area contributed by atoms with Gasteiger partial charge < -0.3 is 23.4 Å². The normalized spacial score (nSPS) is 11.5. The molecule has 3 heterocycles. The lowest BCUT2D eigenvalue weighted by Crippen LogP contribution is -2.10. The molecule has 12 aromatic carbocycles. The molecule has 0 unspecified atom stereocenters. The highest BCUT2D eigenvalue weighted by Gasteiger charge is 2.23. The Bertz CT molecular complexity index is 4680. The van der Waals surface area contributed by atoms with Crippen molar-refractivity contribution in [3.05, 3.63) is 304 Å². The van der Waals surface area contributed by atoms with Gasteiger partial charge in [0, 0.05) is 66.7 Å². The molecular formula is C74H50N4O. The number of furan rings is 1. The predicted molar refractivity (Wildman–Crippen MR) is 331 cm³/mol. The quantitative estimate of drug-likeness (QED) is 0.129. The van der Waals surface area contributed by atoms with E-state index in [-0.39, 0.29) is 0 Å². The highest BCUT2D eigenvalue weighted by molar-refractivity contribution is 6.13. The molecule has 372 valence electrons. The van der Waals surface area contributed by atoms with Crippen molar-refractivity contribution in [1.82, 2.24) is 9.13 Å². The molecule has 0 fully saturated rings. The van der Waals surface area contributed by atoms with E-state index in [9.17, 15) is 0 Å². The molecule has 15 aromatic rings. The van der Waals surface area contributed by atoms with E-state index in [4.69, 9.17) is 4.42 Å². The second kappa shape index (κ2) is 19.2. The monoisotopic (exact) mass is 1010 g/mol. The smallest absolute Gasteiger partial charge is 0.158 e. The highest BCUT2D eigenvalue weighted by atomic mass is 16.3. The molecule has 0 saturated heterocycles. The van der Waals surface area contributed by atoms with Gasteiger partial charge in [0.2, 0.25) is 0 Å². The molecule has 0 N–H and O–H groups in total. The maximum atomic E-state index is 6.61. The van der Waals surface area contributed by atoms with Crippen molar-refractivity contribution < 1.29 is 4.42 Å². The Kier molecular flexibility index (Phi) is 11.1. The van der Waals surface area contributed by atoms with Gasteiger partial charge in [-0.1, -0.05) is 176 Å². The fourth-order valence-corrected chi connectivity index (χ4v) is 11.9. The Morgan fingerprint density at radius 3 is 1.13 bits per heavy atom. The van der Waals surface area contributed by atoms with Crippen LogP contribution in [0.2, 0.25) is 0 Å². The summed E-state index contributed by atoms with van der Waals surface area (Å²) in [5.74, 6) is 0. The van der Waals surface area contributed by atoms with Crippen LogP contribution in [0.15, 0.2) is 308 Å². The number of rotatable bonds is 11. The number of anilines is 6. The van der Waals surface area contributed by atoms with Crippen LogP contribution in [0.3, 0.4) is 0 Å². The van der Waals surface area contributed by atoms with Crippen LogP contribution in [-0.4, -0.2) is 9.13 Å². The summed E-state index contributed by atoms with van der Waals surface area (Å²) >= 11 is 0. The van der Waals surface area contributed by atoms with E-state index in [1.807, 2.05) is 6.26 Å². The standard InChI is InChI=1S/C74H50N4O/c1-5-17-51(18-6-1)53-29-35-58(36-30-53)75(61-41-44-71-67(49-61)64-25-13-15-27-69(64)77(71)56-21-9-3-10-22-56)59-39-33-55(34-40-59)63-43-46-73(74-66(63)47-48-79-74)76(60-37-31-54(32-38-60)52-19-7-2-8-20-52)62-42-45-72-68(50-62)65-26-14-16-28-70(65)78(72)57-23-11-4-12-24-57/h1-50H. The fraction of sp³-hybridized carbons (Fsp3) is 0. The lowest BCUT2D eigenvalue weighted by atomic mass is 9.99. The van der Waals surface area contributed by atoms with Gasteiger partial charge >= 0.3 is 0 Å². The van der Waals surface area contributed by atoms with E-state index in [0.29, 0.717) is 0 Å². The molecule has 5 nitrogen and oxygen atoms in total. The second-order valence-electron chi connectivity index (χ2n) is 20.1. The molecule has 79 heavy (non-hydrogen) atoms. The van der Waals surface area contributed by atoms with Crippen molar-refractivity contribution in [2.75, 3.05) is 9.80 Å². The number of hydrogen-bond donors (Lipinski definition) is 0. The van der Waals surface area contributed by atoms with Crippen molar-refractivity contribution in [2.24, 2.45) is 0 Å². The molecule has 15 rings (SSSR count). The molecule has 0 atom stereocenters. The van der Waals surface area contributed by atoms with Gasteiger partial charge in [0.1, 0.15) is 0 Å². The average molecular weight is 1010 g/mol. The number of benzene rings is 12. The van der Waals surface area contributed by atoms with Crippen molar-refractivity contribution >= 4 is 88.7 Å². The first-order chi connectivity index (χ1) is 39.2. The largest absolute Gasteiger partial charge is 0.462 e. The first kappa shape index (κ1) is 45.7. The molecule has 0 aliphatic carbocycles. The molecule has 0 aliphatic rings. The lowest BCUT2D eigenvalue weighted by molar-refractivity contribution is 0.616. The molecule has 5 heteroatoms. The van der Waals surface area contributed by atoms with Gasteiger partial charge in [0.15, 0.2) is 5.58 Å². The van der Waals surface area contributed by atoms with Gasteiger partial charge in [-0.3, -0.25) is 0 Å². The third kappa shape index (κ3) is 7.95. The molecule has 0 spiro atoms. The minimum atomic E-state index is 0.809. The minimum Gasteiger partial charge on any atom is -0.462 e. The minimum absolute atomic E-state index is 0.809. The summed E-state index contributed by atoms with van der Waals surface area (Å²) in [6, 6.07) is 107. The van der Waals surface area contributed by atoms with E-state index in [1.54, 1.807) is 0 Å². The fourth-order valence-electron chi connectivity index (χ4n) is 11.9. The summed E-state index contributed by atoms with van der Waals surface area (Å²) in [6.45, 7) is 0. The highest BCUT2D eigenvalue weighted by Crippen LogP contribution is 2.46. The molecule has 0 amide bonds. The van der Waals surface area contributed by atoms with Gasteiger partial charge in [-0.05, 0) is 155 Å². The molecule has 0 bridgehead atoms. The van der Waals surface area contributed by atoms with E-state index in [0.717, 1.165) is 84.2 Å². The van der Waals surface area contributed by atoms with Gasteiger partial charge in [0.05, 0.1) is 34.0 Å². The van der Waals surface area contributed by atoms with Crippen LogP contribution in [0.5, 0.6) is 0 Å². The van der Waals surface area contributed by atoms with Gasteiger partial charge in [-0.25, -0.2) is 0 Å². The van der Waals surface area contributed by atoms with E-state index in [2.05, 4.69) is 316 Å². The van der Waals surface area contributed by atoms with Crippen LogP contribution >= 0.6 is 0 Å². The maximum Gasteiger partial charge on any atom is 0.158 e. The molecule has 0 saturated carbocycles. The Hall–Kier alpha value is -10.6. The van der Waals surface area contributed by atoms with Crippen LogP contribution < -0.4 is 9.80 Å². The summed E-state index contributed by atoms with van der Waals surface area (Å²) in [4.78, 5) is 4.72. The molecule has 3 aromatic heterocycles. The van der Waals surface area contributed by atoms with Crippen LogP contribution in [-0.2, 0) is 0 Å². The summed E-state index contributed by atoms with van der Waals surface area (Å²) in [5.41, 5.74) is 20.8. The topological polar surface area (TPSA) is 29.5 Å². The maximum absolute atomic E-state index is 6.61. The van der Waals surface area contributed by atoms with Gasteiger partial charge in [-0.2, -0.15) is 0 Å². The number of fused-ring (bicyclic) bond motifs is 7. The zero-order valence-corrected chi connectivity index (χ0v) is 43.1. The number of nitrogens with zero attached hydrogens (tertiary/aromatic N) is 4. The van der Waals surface area contributed by atoms with Crippen LogP contribution in [0.1, 0.15) is 0 Å². The van der Waals surface area contributed by atoms with Crippen LogP contribution in [0.4, 0.5) is 34.1 Å². The van der Waals surface area contributed by atoms with Crippen LogP contribution in [0.25, 0.3) is 99.3 Å². The molecule has 0 radical (unpaired) electrons. The van der Waals surface area contributed by atoms with E-state index >= 15 is 0 Å². The number of aromatic nitrogens is 2. The van der Waals surface area contributed by atoms with Gasteiger partial charge in [-0.15, -0.1) is 0 Å². The Labute approximate surface area is 458 Å². The number of para-hydroxylation sites is 4. The third-order valence-corrected chi connectivity index (χ3v) is 15.6. The summed E-state index contributed by atoms with van der Waals surface area (Å²) in [6.07, 6.45) is 1.82. The summed E-state index contributed by atoms with van der Waals surface area (Å²) in [7, 11) is 0. The Balaban J connectivity index is 0.845. The predicted octanol–water partition coefficient (Wildman–Crippen LogP) is 20.6. The van der Waals surface area contributed by atoms with E-state index in [1.165, 1.54) is 49.3 Å². The Morgan fingerprint density at radius 2 is 0.633 bits per heavy atom. The van der Waals surface area contributed by atoms with Crippen molar-refractivity contribution in [3.8, 4) is 44.8 Å². The van der Waals surface area contributed by atoms with E-state index < -0.39 is 0 Å². The molecule has 0 aliphatic heterocycles. The second-order valence-corrected chi connectivity index (χ2v) is 20.1. The van der Waals surface area contributed by atoms with Crippen molar-refractivity contribution in [3.63, 3.8) is 0 Å². The lowest BCUT2D eigenvalue weighted by Gasteiger charge is -2.27. The first-order valence-electron chi connectivity index (χ1n) is 26.9. The summed E-state index contributed by atoms with van der Waals surface area (Å²) in [5, 5.41) is 5.82. The van der Waals surface area contributed by atoms with Crippen molar-refractivity contribution in [1.29, 1.82) is 0 Å². The Morgan fingerprint density at radius 1 is 0.253 bits per heavy atom. The number of hydrogen-bond acceptors (Lipinski definition) is 3. The van der Waals surface area contributed by atoms with Crippen molar-refractivity contribution in [2.45, 2.75) is 0 Å². The summed E-state index contributed by atoms with van der Waals surface area (Å²) < 4.78 is 11.3. The van der Waals surface area contributed by atoms with Crippen LogP contribution in [0, 0.1) is 0 Å². The third-order valence-electron chi connectivity index (χ3n) is 15.6. The zero-order chi connectivity index (χ0) is 52.2. The molecular weight excluding hydrogens is 961 g/mol. The first-order valence-corrected chi connectivity index (χ1v) is 26.9. The van der Waals surface area contributed by atoms with Gasteiger partial charge in [0.25, 0.3) is 0 Å². The SMILES string of the molecule is c1ccc(-c2ccc(N(c3ccc(-c4ccc(N(c5ccc(-c6ccccc6)cc5)c5ccc6c(c5)c5ccccc5n6-c5ccccc5)c5occc45)cc3)c3ccc4c(c3)c3ccccc3n4-c3ccccc3)cc2)cc1.